The Morgan fingerprint density at radius 3 is 2.55 bits per heavy atom. The summed E-state index contributed by atoms with van der Waals surface area (Å²) in [5.41, 5.74) is 0.333. The molecule has 0 saturated heterocycles. The first-order valence-electron chi connectivity index (χ1n) is 7.95. The van der Waals surface area contributed by atoms with E-state index >= 15 is 0 Å². The Morgan fingerprint density at radius 2 is 2.00 bits per heavy atom. The molecule has 5 nitrogen and oxygen atoms in total. The number of rotatable bonds is 7. The molecule has 1 aliphatic carbocycles. The van der Waals surface area contributed by atoms with Crippen molar-refractivity contribution in [3.05, 3.63) is 30.1 Å². The quantitative estimate of drug-likeness (QED) is 0.781. The molecule has 22 heavy (non-hydrogen) atoms. The van der Waals surface area contributed by atoms with E-state index in [1.165, 1.54) is 0 Å². The van der Waals surface area contributed by atoms with E-state index in [4.69, 9.17) is 0 Å². The molecule has 0 radical (unpaired) electrons. The molecule has 1 heterocycles. The average Bonchev–Trinajstić information content (AvgIpc) is 3.34. The monoisotopic (exact) mass is 303 g/mol. The molecule has 1 aromatic rings. The van der Waals surface area contributed by atoms with Crippen LogP contribution in [0.15, 0.2) is 24.5 Å². The first-order valence-corrected chi connectivity index (χ1v) is 7.95. The molecular formula is C17H25N3O2. The number of hydrogen-bond acceptors (Lipinski definition) is 3. The Kier molecular flexibility index (Phi) is 5.16. The van der Waals surface area contributed by atoms with Gasteiger partial charge in [-0.25, -0.2) is 0 Å². The second kappa shape index (κ2) is 6.90. The predicted molar refractivity (Wildman–Crippen MR) is 85.1 cm³/mol. The van der Waals surface area contributed by atoms with Gasteiger partial charge < -0.3 is 10.2 Å². The third-order valence-electron chi connectivity index (χ3n) is 4.42. The molecule has 0 aromatic carbocycles. The zero-order chi connectivity index (χ0) is 16.2. The number of nitrogens with zero attached hydrogens (tertiary/aromatic N) is 2. The van der Waals surface area contributed by atoms with Gasteiger partial charge in [-0.05, 0) is 50.3 Å². The summed E-state index contributed by atoms with van der Waals surface area (Å²) in [5.74, 6) is -0.162. The highest BCUT2D eigenvalue weighted by atomic mass is 16.2. The van der Waals surface area contributed by atoms with Gasteiger partial charge in [-0.3, -0.25) is 14.6 Å². The molecule has 1 N–H and O–H groups in total. The van der Waals surface area contributed by atoms with Gasteiger partial charge in [-0.15, -0.1) is 0 Å². The van der Waals surface area contributed by atoms with Gasteiger partial charge in [0, 0.05) is 32.0 Å². The van der Waals surface area contributed by atoms with Gasteiger partial charge in [-0.1, -0.05) is 6.92 Å². The van der Waals surface area contributed by atoms with Crippen molar-refractivity contribution >= 4 is 11.8 Å². The lowest BCUT2D eigenvalue weighted by Crippen LogP contribution is -2.46. The summed E-state index contributed by atoms with van der Waals surface area (Å²) in [5, 5.41) is 2.95. The van der Waals surface area contributed by atoms with Crippen LogP contribution in [0.2, 0.25) is 0 Å². The summed E-state index contributed by atoms with van der Waals surface area (Å²) in [6.45, 7) is 4.60. The zero-order valence-corrected chi connectivity index (χ0v) is 13.6. The first kappa shape index (κ1) is 16.5. The van der Waals surface area contributed by atoms with Crippen LogP contribution in [-0.2, 0) is 16.0 Å². The van der Waals surface area contributed by atoms with Gasteiger partial charge in [0.25, 0.3) is 0 Å². The average molecular weight is 303 g/mol. The summed E-state index contributed by atoms with van der Waals surface area (Å²) in [6.07, 6.45) is 6.46. The van der Waals surface area contributed by atoms with Crippen LogP contribution in [0, 0.1) is 5.41 Å². The van der Waals surface area contributed by atoms with Crippen molar-refractivity contribution in [1.29, 1.82) is 0 Å². The normalized spacial score (nSPS) is 16.7. The summed E-state index contributed by atoms with van der Waals surface area (Å²) >= 11 is 0. The van der Waals surface area contributed by atoms with Crippen molar-refractivity contribution < 1.29 is 9.59 Å². The third kappa shape index (κ3) is 3.64. The minimum atomic E-state index is -0.809. The number of likely N-dealkylation sites (N-methyl/N-ethyl adjacent to an activating group) is 1. The molecular weight excluding hydrogens is 278 g/mol. The predicted octanol–water partition coefficient (Wildman–Crippen LogP) is 1.78. The maximum absolute atomic E-state index is 12.6. The molecule has 2 rings (SSSR count). The first-order chi connectivity index (χ1) is 10.5. The number of nitrogens with one attached hydrogen (secondary N) is 1. The lowest BCUT2D eigenvalue weighted by atomic mass is 10.0. The van der Waals surface area contributed by atoms with E-state index < -0.39 is 5.41 Å². The number of aromatic nitrogens is 1. The van der Waals surface area contributed by atoms with Gasteiger partial charge in [-0.2, -0.15) is 0 Å². The molecule has 0 spiro atoms. The molecule has 1 atom stereocenters. The van der Waals surface area contributed by atoms with Crippen molar-refractivity contribution in [2.24, 2.45) is 5.41 Å². The highest BCUT2D eigenvalue weighted by molar-refractivity contribution is 6.07. The minimum absolute atomic E-state index is 0.0534. The maximum Gasteiger partial charge on any atom is 0.238 e. The van der Waals surface area contributed by atoms with E-state index in [1.54, 1.807) is 24.3 Å². The van der Waals surface area contributed by atoms with Crippen LogP contribution in [-0.4, -0.2) is 41.3 Å². The Bertz CT molecular complexity index is 526. The van der Waals surface area contributed by atoms with Crippen molar-refractivity contribution in [3.8, 4) is 0 Å². The Hall–Kier alpha value is -1.91. The molecule has 1 aliphatic rings. The fraction of sp³-hybridized carbons (Fsp3) is 0.588. The van der Waals surface area contributed by atoms with Crippen LogP contribution in [0.25, 0.3) is 0 Å². The lowest BCUT2D eigenvalue weighted by Gasteiger charge is -2.24. The molecule has 0 aliphatic heterocycles. The smallest absolute Gasteiger partial charge is 0.238 e. The third-order valence-corrected chi connectivity index (χ3v) is 4.42. The number of carbonyl (C=O) groups is 2. The van der Waals surface area contributed by atoms with Crippen molar-refractivity contribution in [2.75, 3.05) is 13.6 Å². The number of carbonyl (C=O) groups excluding carboxylic acids is 2. The molecule has 2 amide bonds. The van der Waals surface area contributed by atoms with Gasteiger partial charge >= 0.3 is 0 Å². The topological polar surface area (TPSA) is 62.3 Å². The van der Waals surface area contributed by atoms with E-state index in [1.807, 2.05) is 26.0 Å². The van der Waals surface area contributed by atoms with Crippen molar-refractivity contribution in [2.45, 2.75) is 45.6 Å². The highest BCUT2D eigenvalue weighted by Crippen LogP contribution is 2.47. The summed E-state index contributed by atoms with van der Waals surface area (Å²) < 4.78 is 0. The second-order valence-electron chi connectivity index (χ2n) is 6.20. The molecule has 0 bridgehead atoms. The van der Waals surface area contributed by atoms with E-state index in [-0.39, 0.29) is 17.9 Å². The Balaban J connectivity index is 1.91. The van der Waals surface area contributed by atoms with E-state index in [0.717, 1.165) is 18.4 Å². The Morgan fingerprint density at radius 1 is 1.36 bits per heavy atom. The molecule has 1 unspecified atom stereocenters. The lowest BCUT2D eigenvalue weighted by molar-refractivity contribution is -0.143. The van der Waals surface area contributed by atoms with Crippen LogP contribution < -0.4 is 5.32 Å². The molecule has 5 heteroatoms. The van der Waals surface area contributed by atoms with Gasteiger partial charge in [0.2, 0.25) is 11.8 Å². The van der Waals surface area contributed by atoms with Crippen molar-refractivity contribution in [3.63, 3.8) is 0 Å². The standard InChI is InChI=1S/C17H25N3O2/c1-4-13(2)19-15(21)17(8-9-17)16(22)20(3)12-7-14-5-10-18-11-6-14/h5-6,10-11,13H,4,7-9,12H2,1-3H3,(H,19,21). The van der Waals surface area contributed by atoms with Crippen LogP contribution in [0.1, 0.15) is 38.7 Å². The van der Waals surface area contributed by atoms with Crippen LogP contribution in [0.5, 0.6) is 0 Å². The fourth-order valence-corrected chi connectivity index (χ4v) is 2.44. The van der Waals surface area contributed by atoms with Crippen LogP contribution in [0.3, 0.4) is 0 Å². The van der Waals surface area contributed by atoms with Gasteiger partial charge in [0.05, 0.1) is 0 Å². The maximum atomic E-state index is 12.6. The van der Waals surface area contributed by atoms with Crippen LogP contribution in [0.4, 0.5) is 0 Å². The van der Waals surface area contributed by atoms with Crippen molar-refractivity contribution in [1.82, 2.24) is 15.2 Å². The van der Waals surface area contributed by atoms with E-state index in [2.05, 4.69) is 10.3 Å². The number of amides is 2. The van der Waals surface area contributed by atoms with E-state index in [0.29, 0.717) is 19.4 Å². The second-order valence-corrected chi connectivity index (χ2v) is 6.20. The Labute approximate surface area is 132 Å². The summed E-state index contributed by atoms with van der Waals surface area (Å²) in [7, 11) is 1.78. The minimum Gasteiger partial charge on any atom is -0.353 e. The molecule has 1 saturated carbocycles. The largest absolute Gasteiger partial charge is 0.353 e. The number of pyridine rings is 1. The molecule has 1 fully saturated rings. The molecule has 120 valence electrons. The zero-order valence-electron chi connectivity index (χ0n) is 13.6. The van der Waals surface area contributed by atoms with Gasteiger partial charge in [0.1, 0.15) is 5.41 Å². The summed E-state index contributed by atoms with van der Waals surface area (Å²) in [4.78, 5) is 30.6. The highest BCUT2D eigenvalue weighted by Gasteiger charge is 2.57. The SMILES string of the molecule is CCC(C)NC(=O)C1(C(=O)N(C)CCc2ccncc2)CC1. The van der Waals surface area contributed by atoms with E-state index in [9.17, 15) is 9.59 Å². The van der Waals surface area contributed by atoms with Crippen LogP contribution >= 0.6 is 0 Å². The summed E-state index contributed by atoms with van der Waals surface area (Å²) in [6, 6.07) is 4.00. The fourth-order valence-electron chi connectivity index (χ4n) is 2.44. The molecule has 1 aromatic heterocycles. The number of hydrogen-bond donors (Lipinski definition) is 1. The van der Waals surface area contributed by atoms with Gasteiger partial charge in [0.15, 0.2) is 0 Å².